The Morgan fingerprint density at radius 1 is 0.868 bits per heavy atom. The van der Waals surface area contributed by atoms with E-state index in [2.05, 4.69) is 4.90 Å². The number of aliphatic hydroxyl groups is 2. The molecular formula is C32H40KNO4. The monoisotopic (exact) mass is 541 g/mol. The van der Waals surface area contributed by atoms with Gasteiger partial charge in [0.05, 0.1) is 11.5 Å². The molecule has 0 amide bonds. The van der Waals surface area contributed by atoms with Crippen LogP contribution in [-0.2, 0) is 15.8 Å². The Hall–Kier alpha value is -1.35. The Morgan fingerprint density at radius 2 is 1.37 bits per heavy atom. The molecule has 1 heterocycles. The molecule has 0 saturated carbocycles. The van der Waals surface area contributed by atoms with E-state index in [0.29, 0.717) is 6.42 Å². The van der Waals surface area contributed by atoms with Gasteiger partial charge in [-0.2, -0.15) is 0 Å². The third-order valence-corrected chi connectivity index (χ3v) is 8.11. The molecule has 0 spiro atoms. The molecule has 1 aliphatic heterocycles. The zero-order valence-electron chi connectivity index (χ0n) is 21.9. The predicted molar refractivity (Wildman–Crippen MR) is 153 cm³/mol. The van der Waals surface area contributed by atoms with Crippen molar-refractivity contribution in [1.29, 1.82) is 0 Å². The molecule has 3 N–H and O–H groups in total. The van der Waals surface area contributed by atoms with Gasteiger partial charge in [-0.3, -0.25) is 4.79 Å². The molecule has 0 aromatic heterocycles. The van der Waals surface area contributed by atoms with Gasteiger partial charge >= 0.3 is 57.4 Å². The van der Waals surface area contributed by atoms with Gasteiger partial charge in [0.15, 0.2) is 0 Å². The van der Waals surface area contributed by atoms with Crippen LogP contribution in [0, 0.1) is 5.92 Å². The molecule has 3 aromatic carbocycles. The summed E-state index contributed by atoms with van der Waals surface area (Å²) in [4.78, 5) is 13.9. The van der Waals surface area contributed by atoms with E-state index in [1.54, 1.807) is 26.0 Å². The third kappa shape index (κ3) is 7.04. The van der Waals surface area contributed by atoms with Gasteiger partial charge < -0.3 is 20.2 Å². The van der Waals surface area contributed by atoms with E-state index >= 15 is 0 Å². The molecule has 0 aliphatic carbocycles. The summed E-state index contributed by atoms with van der Waals surface area (Å²) in [6.45, 7) is 6.11. The normalized spacial score (nSPS) is 16.0. The average Bonchev–Trinajstić information content (AvgIpc) is 2.94. The zero-order chi connectivity index (χ0) is 26.5. The van der Waals surface area contributed by atoms with Gasteiger partial charge in [0.25, 0.3) is 0 Å². The molecule has 1 fully saturated rings. The summed E-state index contributed by atoms with van der Waals surface area (Å²) in [6, 6.07) is 27.3. The van der Waals surface area contributed by atoms with Gasteiger partial charge in [-0.15, -0.1) is 0 Å². The molecule has 1 saturated heterocycles. The van der Waals surface area contributed by atoms with E-state index < -0.39 is 23.1 Å². The van der Waals surface area contributed by atoms with Gasteiger partial charge in [-0.1, -0.05) is 84.9 Å². The van der Waals surface area contributed by atoms with Crippen LogP contribution in [-0.4, -0.2) is 97.2 Å². The van der Waals surface area contributed by atoms with Crippen LogP contribution in [0.25, 0.3) is 0 Å². The Morgan fingerprint density at radius 3 is 1.84 bits per heavy atom. The standard InChI is InChI=1S/C32H39NO4.K.H/c1-31(2,30(35)36)25-17-15-24(16-18-25)29(34)14-9-21-33-22-19-28(20-23-33)32(37,26-10-5-3-6-11-26)27-12-7-4-8-13-27;;/h3-8,10-13,15-18,28-29,34,37H,9,14,19-23H2,1-2H3,(H,35,36);;/t29-;;/m0../s1. The summed E-state index contributed by atoms with van der Waals surface area (Å²) in [7, 11) is 0. The number of nitrogens with zero attached hydrogens (tertiary/aromatic N) is 1. The van der Waals surface area contributed by atoms with E-state index in [0.717, 1.165) is 61.2 Å². The number of aliphatic carboxylic acids is 1. The Kier molecular flexibility index (Phi) is 11.3. The van der Waals surface area contributed by atoms with Crippen LogP contribution in [0.2, 0.25) is 0 Å². The van der Waals surface area contributed by atoms with E-state index in [9.17, 15) is 20.1 Å². The number of likely N-dealkylation sites (tertiary alicyclic amines) is 1. The zero-order valence-corrected chi connectivity index (χ0v) is 21.9. The molecule has 0 bridgehead atoms. The molecule has 4 rings (SSSR count). The Bertz CT molecular complexity index is 1100. The SMILES string of the molecule is CC(C)(C(=O)O)c1ccc([C@@H](O)CCCN2CCC(C(O)(c3ccccc3)c3ccccc3)CC2)cc1.[KH]. The second-order valence-corrected chi connectivity index (χ2v) is 10.8. The first-order valence-electron chi connectivity index (χ1n) is 13.3. The van der Waals surface area contributed by atoms with Crippen LogP contribution in [0.5, 0.6) is 0 Å². The molecule has 6 heteroatoms. The number of aliphatic hydroxyl groups excluding tert-OH is 1. The summed E-state index contributed by atoms with van der Waals surface area (Å²) in [6.07, 6.45) is 2.77. The molecule has 198 valence electrons. The van der Waals surface area contributed by atoms with Gasteiger partial charge in [0.1, 0.15) is 5.60 Å². The number of carboxylic acids is 1. The van der Waals surface area contributed by atoms with Crippen molar-refractivity contribution in [3.05, 3.63) is 107 Å². The van der Waals surface area contributed by atoms with Gasteiger partial charge in [-0.05, 0) is 87.3 Å². The number of hydrogen-bond donors (Lipinski definition) is 3. The fourth-order valence-corrected chi connectivity index (χ4v) is 5.52. The van der Waals surface area contributed by atoms with Crippen LogP contribution in [0.4, 0.5) is 0 Å². The minimum absolute atomic E-state index is 0. The quantitative estimate of drug-likeness (QED) is 0.320. The maximum absolute atomic E-state index is 12.1. The van der Waals surface area contributed by atoms with Gasteiger partial charge in [0, 0.05) is 0 Å². The molecule has 1 aliphatic rings. The fraction of sp³-hybridized carbons (Fsp3) is 0.406. The predicted octanol–water partition coefficient (Wildman–Crippen LogP) is 4.86. The first-order valence-corrected chi connectivity index (χ1v) is 13.3. The summed E-state index contributed by atoms with van der Waals surface area (Å²) >= 11 is 0. The number of benzene rings is 3. The molecule has 38 heavy (non-hydrogen) atoms. The first kappa shape index (κ1) is 31.2. The number of carbonyl (C=O) groups is 1. The van der Waals surface area contributed by atoms with Crippen molar-refractivity contribution in [3.63, 3.8) is 0 Å². The summed E-state index contributed by atoms with van der Waals surface area (Å²) < 4.78 is 0. The minimum atomic E-state index is -1.01. The van der Waals surface area contributed by atoms with Gasteiger partial charge in [0.2, 0.25) is 0 Å². The Balaban J connectivity index is 0.00000400. The first-order chi connectivity index (χ1) is 17.7. The van der Waals surface area contributed by atoms with E-state index in [-0.39, 0.29) is 57.3 Å². The number of rotatable bonds is 10. The summed E-state index contributed by atoms with van der Waals surface area (Å²) in [5, 5.41) is 32.2. The molecule has 1 atom stereocenters. The van der Waals surface area contributed by atoms with Crippen LogP contribution in [0.3, 0.4) is 0 Å². The van der Waals surface area contributed by atoms with E-state index in [1.165, 1.54) is 0 Å². The van der Waals surface area contributed by atoms with Crippen molar-refractivity contribution in [2.75, 3.05) is 19.6 Å². The van der Waals surface area contributed by atoms with Crippen molar-refractivity contribution in [2.24, 2.45) is 5.92 Å². The van der Waals surface area contributed by atoms with Crippen molar-refractivity contribution < 1.29 is 20.1 Å². The molecule has 0 unspecified atom stereocenters. The van der Waals surface area contributed by atoms with E-state index in [4.69, 9.17) is 0 Å². The molecule has 0 radical (unpaired) electrons. The van der Waals surface area contributed by atoms with Crippen molar-refractivity contribution >= 4 is 57.4 Å². The number of piperidine rings is 1. The van der Waals surface area contributed by atoms with Crippen LogP contribution >= 0.6 is 0 Å². The molecule has 5 nitrogen and oxygen atoms in total. The number of carboxylic acid groups (broad SMARTS) is 1. The van der Waals surface area contributed by atoms with Gasteiger partial charge in [-0.25, -0.2) is 0 Å². The van der Waals surface area contributed by atoms with Crippen molar-refractivity contribution in [2.45, 2.75) is 56.7 Å². The summed E-state index contributed by atoms with van der Waals surface area (Å²) in [5.41, 5.74) is 1.47. The summed E-state index contributed by atoms with van der Waals surface area (Å²) in [5.74, 6) is -0.733. The topological polar surface area (TPSA) is 81.0 Å². The molecule has 3 aromatic rings. The maximum atomic E-state index is 12.1. The Labute approximate surface area is 269 Å². The van der Waals surface area contributed by atoms with E-state index in [1.807, 2.05) is 72.8 Å². The van der Waals surface area contributed by atoms with Crippen LogP contribution in [0.1, 0.15) is 67.9 Å². The fourth-order valence-electron chi connectivity index (χ4n) is 5.52. The number of hydrogen-bond acceptors (Lipinski definition) is 4. The van der Waals surface area contributed by atoms with Crippen LogP contribution in [0.15, 0.2) is 84.9 Å². The average molecular weight is 542 g/mol. The third-order valence-electron chi connectivity index (χ3n) is 8.11. The second-order valence-electron chi connectivity index (χ2n) is 10.8. The molecular weight excluding hydrogens is 501 g/mol. The van der Waals surface area contributed by atoms with Crippen molar-refractivity contribution in [1.82, 2.24) is 4.90 Å². The van der Waals surface area contributed by atoms with Crippen molar-refractivity contribution in [3.8, 4) is 0 Å². The second kappa shape index (κ2) is 13.8. The van der Waals surface area contributed by atoms with Crippen LogP contribution < -0.4 is 0 Å².